The van der Waals surface area contributed by atoms with Crippen LogP contribution in [0.15, 0.2) is 42.6 Å². The van der Waals surface area contributed by atoms with Crippen molar-refractivity contribution in [1.82, 2.24) is 9.78 Å². The lowest BCUT2D eigenvalue weighted by Gasteiger charge is -2.15. The van der Waals surface area contributed by atoms with Crippen molar-refractivity contribution in [2.45, 2.75) is 19.3 Å². The Morgan fingerprint density at radius 1 is 1.10 bits per heavy atom. The molecule has 104 valence electrons. The molecule has 0 N–H and O–H groups in total. The van der Waals surface area contributed by atoms with Gasteiger partial charge in [-0.25, -0.2) is 9.07 Å². The standard InChI is InChI=1S/C17H13FN2O/c18-13-4-6-14(7-5-13)20-16-9-11-2-1-3-17(21)15(11)8-12(16)10-19-20/h4-10H,1-3H2. The van der Waals surface area contributed by atoms with Gasteiger partial charge in [-0.3, -0.25) is 4.79 Å². The highest BCUT2D eigenvalue weighted by atomic mass is 19.1. The van der Waals surface area contributed by atoms with E-state index < -0.39 is 0 Å². The van der Waals surface area contributed by atoms with Crippen LogP contribution in [0.5, 0.6) is 0 Å². The number of nitrogens with zero attached hydrogens (tertiary/aromatic N) is 2. The van der Waals surface area contributed by atoms with Gasteiger partial charge in [-0.05, 0) is 54.8 Å². The molecule has 21 heavy (non-hydrogen) atoms. The number of halogens is 1. The van der Waals surface area contributed by atoms with E-state index in [4.69, 9.17) is 0 Å². The summed E-state index contributed by atoms with van der Waals surface area (Å²) in [5.41, 5.74) is 3.68. The minimum Gasteiger partial charge on any atom is -0.294 e. The van der Waals surface area contributed by atoms with E-state index in [1.165, 1.54) is 12.1 Å². The highest BCUT2D eigenvalue weighted by Gasteiger charge is 2.19. The molecule has 1 heterocycles. The second kappa shape index (κ2) is 4.52. The summed E-state index contributed by atoms with van der Waals surface area (Å²) in [6.07, 6.45) is 4.21. The van der Waals surface area contributed by atoms with E-state index >= 15 is 0 Å². The predicted octanol–water partition coefficient (Wildman–Crippen LogP) is 3.68. The zero-order chi connectivity index (χ0) is 14.4. The number of Topliss-reactive ketones (excluding diaryl/α,β-unsaturated/α-hetero) is 1. The highest BCUT2D eigenvalue weighted by Crippen LogP contribution is 2.28. The number of aromatic nitrogens is 2. The number of hydrogen-bond donors (Lipinski definition) is 0. The maximum absolute atomic E-state index is 13.0. The van der Waals surface area contributed by atoms with E-state index in [2.05, 4.69) is 5.10 Å². The van der Waals surface area contributed by atoms with Crippen molar-refractivity contribution in [2.75, 3.05) is 0 Å². The van der Waals surface area contributed by atoms with Gasteiger partial charge in [0.1, 0.15) is 5.82 Å². The van der Waals surface area contributed by atoms with Gasteiger partial charge in [-0.15, -0.1) is 0 Å². The Balaban J connectivity index is 1.92. The predicted molar refractivity (Wildman–Crippen MR) is 78.3 cm³/mol. The van der Waals surface area contributed by atoms with Gasteiger partial charge < -0.3 is 0 Å². The van der Waals surface area contributed by atoms with Gasteiger partial charge in [0.2, 0.25) is 0 Å². The second-order valence-electron chi connectivity index (χ2n) is 5.38. The van der Waals surface area contributed by atoms with E-state index in [0.29, 0.717) is 6.42 Å². The first-order valence-corrected chi connectivity index (χ1v) is 7.02. The van der Waals surface area contributed by atoms with Gasteiger partial charge in [0.05, 0.1) is 17.4 Å². The molecule has 1 aromatic heterocycles. The van der Waals surface area contributed by atoms with Crippen molar-refractivity contribution in [1.29, 1.82) is 0 Å². The minimum absolute atomic E-state index is 0.215. The van der Waals surface area contributed by atoms with Crippen molar-refractivity contribution in [3.05, 3.63) is 59.5 Å². The molecule has 0 radical (unpaired) electrons. The molecule has 1 aliphatic carbocycles. The third-order valence-electron chi connectivity index (χ3n) is 4.01. The van der Waals surface area contributed by atoms with Crippen LogP contribution in [0, 0.1) is 5.82 Å². The minimum atomic E-state index is -0.266. The number of carbonyl (C=O) groups is 1. The Morgan fingerprint density at radius 3 is 2.71 bits per heavy atom. The molecule has 0 atom stereocenters. The van der Waals surface area contributed by atoms with Gasteiger partial charge in [0, 0.05) is 17.4 Å². The SMILES string of the molecule is O=C1CCCc2cc3c(cnn3-c3ccc(F)cc3)cc21. The lowest BCUT2D eigenvalue weighted by atomic mass is 9.90. The van der Waals surface area contributed by atoms with Gasteiger partial charge in [0.25, 0.3) is 0 Å². The molecule has 0 fully saturated rings. The van der Waals surface area contributed by atoms with Gasteiger partial charge in [0.15, 0.2) is 5.78 Å². The van der Waals surface area contributed by atoms with E-state index in [0.717, 1.165) is 40.6 Å². The van der Waals surface area contributed by atoms with Crippen molar-refractivity contribution in [2.24, 2.45) is 0 Å². The fourth-order valence-electron chi connectivity index (χ4n) is 2.95. The molecule has 4 rings (SSSR count). The van der Waals surface area contributed by atoms with E-state index in [1.54, 1.807) is 23.0 Å². The lowest BCUT2D eigenvalue weighted by Crippen LogP contribution is -2.10. The van der Waals surface area contributed by atoms with Gasteiger partial charge >= 0.3 is 0 Å². The van der Waals surface area contributed by atoms with Crippen LogP contribution < -0.4 is 0 Å². The monoisotopic (exact) mass is 280 g/mol. The van der Waals surface area contributed by atoms with E-state index in [1.807, 2.05) is 12.1 Å². The zero-order valence-corrected chi connectivity index (χ0v) is 11.3. The third-order valence-corrected chi connectivity index (χ3v) is 4.01. The fraction of sp³-hybridized carbons (Fsp3) is 0.176. The Labute approximate surface area is 121 Å². The lowest BCUT2D eigenvalue weighted by molar-refractivity contribution is 0.0972. The van der Waals surface area contributed by atoms with E-state index in [9.17, 15) is 9.18 Å². The Kier molecular flexibility index (Phi) is 2.64. The smallest absolute Gasteiger partial charge is 0.163 e. The van der Waals surface area contributed by atoms with Crippen molar-refractivity contribution in [3.8, 4) is 5.69 Å². The van der Waals surface area contributed by atoms with Crippen LogP contribution in [0.1, 0.15) is 28.8 Å². The number of rotatable bonds is 1. The maximum Gasteiger partial charge on any atom is 0.163 e. The van der Waals surface area contributed by atoms with Crippen molar-refractivity contribution >= 4 is 16.7 Å². The number of ketones is 1. The Morgan fingerprint density at radius 2 is 1.90 bits per heavy atom. The van der Waals surface area contributed by atoms with Crippen LogP contribution in [-0.4, -0.2) is 15.6 Å². The Bertz CT molecular complexity index is 849. The van der Waals surface area contributed by atoms with Crippen LogP contribution >= 0.6 is 0 Å². The molecule has 0 amide bonds. The number of carbonyl (C=O) groups excluding carboxylic acids is 1. The van der Waals surface area contributed by atoms with Crippen molar-refractivity contribution < 1.29 is 9.18 Å². The second-order valence-corrected chi connectivity index (χ2v) is 5.38. The molecule has 1 aliphatic rings. The number of aryl methyl sites for hydroxylation is 1. The molecule has 0 saturated carbocycles. The maximum atomic E-state index is 13.0. The molecule has 0 spiro atoms. The average Bonchev–Trinajstić information content (AvgIpc) is 2.90. The molecule has 0 saturated heterocycles. The molecular weight excluding hydrogens is 267 g/mol. The summed E-state index contributed by atoms with van der Waals surface area (Å²) in [6.45, 7) is 0. The van der Waals surface area contributed by atoms with Crippen LogP contribution in [0.25, 0.3) is 16.6 Å². The summed E-state index contributed by atoms with van der Waals surface area (Å²) in [7, 11) is 0. The summed E-state index contributed by atoms with van der Waals surface area (Å²) < 4.78 is 14.8. The number of benzene rings is 2. The quantitative estimate of drug-likeness (QED) is 0.681. The first kappa shape index (κ1) is 12.3. The van der Waals surface area contributed by atoms with Gasteiger partial charge in [-0.1, -0.05) is 0 Å². The average molecular weight is 280 g/mol. The Hall–Kier alpha value is -2.49. The molecule has 0 unspecified atom stereocenters. The number of fused-ring (bicyclic) bond motifs is 2. The first-order valence-electron chi connectivity index (χ1n) is 7.02. The summed E-state index contributed by atoms with van der Waals surface area (Å²) in [6, 6.07) is 10.2. The summed E-state index contributed by atoms with van der Waals surface area (Å²) in [5, 5.41) is 5.31. The molecule has 0 aliphatic heterocycles. The van der Waals surface area contributed by atoms with Crippen molar-refractivity contribution in [3.63, 3.8) is 0 Å². The van der Waals surface area contributed by atoms with Crippen LogP contribution in [0.3, 0.4) is 0 Å². The van der Waals surface area contributed by atoms with Gasteiger partial charge in [-0.2, -0.15) is 5.10 Å². The molecule has 0 bridgehead atoms. The molecular formula is C17H13FN2O. The fourth-order valence-corrected chi connectivity index (χ4v) is 2.95. The molecule has 3 nitrogen and oxygen atoms in total. The number of hydrogen-bond acceptors (Lipinski definition) is 2. The van der Waals surface area contributed by atoms with Crippen LogP contribution in [-0.2, 0) is 6.42 Å². The molecule has 3 aromatic rings. The van der Waals surface area contributed by atoms with E-state index in [-0.39, 0.29) is 11.6 Å². The largest absolute Gasteiger partial charge is 0.294 e. The topological polar surface area (TPSA) is 34.9 Å². The summed E-state index contributed by atoms with van der Waals surface area (Å²) in [5.74, 6) is -0.0501. The zero-order valence-electron chi connectivity index (χ0n) is 11.3. The molecule has 2 aromatic carbocycles. The summed E-state index contributed by atoms with van der Waals surface area (Å²) in [4.78, 5) is 12.0. The normalized spacial score (nSPS) is 14.4. The first-order chi connectivity index (χ1) is 10.2. The highest BCUT2D eigenvalue weighted by molar-refractivity contribution is 6.02. The third kappa shape index (κ3) is 1.95. The molecule has 4 heteroatoms. The van der Waals surface area contributed by atoms with Crippen LogP contribution in [0.2, 0.25) is 0 Å². The van der Waals surface area contributed by atoms with Crippen LogP contribution in [0.4, 0.5) is 4.39 Å². The summed E-state index contributed by atoms with van der Waals surface area (Å²) >= 11 is 0.